The van der Waals surface area contributed by atoms with E-state index in [4.69, 9.17) is 4.98 Å². The van der Waals surface area contributed by atoms with E-state index in [0.29, 0.717) is 19.4 Å². The molecule has 4 rings (SSSR count). The van der Waals surface area contributed by atoms with Gasteiger partial charge in [-0.3, -0.25) is 4.79 Å². The normalized spacial score (nSPS) is 21.4. The average molecular weight is 352 g/mol. The Kier molecular flexibility index (Phi) is 4.84. The van der Waals surface area contributed by atoms with Gasteiger partial charge < -0.3 is 14.9 Å². The molecule has 6 heteroatoms. The summed E-state index contributed by atoms with van der Waals surface area (Å²) in [6.45, 7) is 2.36. The summed E-state index contributed by atoms with van der Waals surface area (Å²) in [6.07, 6.45) is 4.41. The molecule has 0 unspecified atom stereocenters. The first-order valence-electron chi connectivity index (χ1n) is 9.29. The van der Waals surface area contributed by atoms with Crippen LogP contribution >= 0.6 is 0 Å². The largest absolute Gasteiger partial charge is 0.393 e. The zero-order valence-electron chi connectivity index (χ0n) is 14.8. The van der Waals surface area contributed by atoms with E-state index in [1.807, 2.05) is 41.3 Å². The van der Waals surface area contributed by atoms with Crippen molar-refractivity contribution in [3.8, 4) is 0 Å². The molecule has 0 saturated carbocycles. The molecule has 2 aromatic rings. The van der Waals surface area contributed by atoms with Gasteiger partial charge in [0, 0.05) is 44.4 Å². The van der Waals surface area contributed by atoms with Gasteiger partial charge in [-0.2, -0.15) is 0 Å². The number of anilines is 2. The van der Waals surface area contributed by atoms with E-state index in [1.54, 1.807) is 6.20 Å². The van der Waals surface area contributed by atoms with E-state index in [2.05, 4.69) is 9.88 Å². The number of amides is 1. The molecule has 0 bridgehead atoms. The number of aliphatic hydroxyl groups is 1. The number of aliphatic hydroxyl groups excluding tert-OH is 1. The Labute approximate surface area is 153 Å². The van der Waals surface area contributed by atoms with Crippen LogP contribution in [0.5, 0.6) is 0 Å². The number of para-hydroxylation sites is 1. The molecule has 6 nitrogen and oxygen atoms in total. The first-order valence-corrected chi connectivity index (χ1v) is 9.29. The summed E-state index contributed by atoms with van der Waals surface area (Å²) < 4.78 is 0. The molecule has 1 aromatic carbocycles. The van der Waals surface area contributed by atoms with E-state index in [0.717, 1.165) is 43.3 Å². The van der Waals surface area contributed by atoms with Crippen LogP contribution < -0.4 is 9.80 Å². The van der Waals surface area contributed by atoms with Gasteiger partial charge in [0.05, 0.1) is 6.10 Å². The van der Waals surface area contributed by atoms with Crippen LogP contribution in [0.25, 0.3) is 0 Å². The fourth-order valence-electron chi connectivity index (χ4n) is 3.79. The quantitative estimate of drug-likeness (QED) is 0.912. The summed E-state index contributed by atoms with van der Waals surface area (Å²) in [6, 6.07) is 11.7. The van der Waals surface area contributed by atoms with Gasteiger partial charge >= 0.3 is 0 Å². The molecule has 2 fully saturated rings. The molecule has 1 atom stereocenters. The van der Waals surface area contributed by atoms with Crippen molar-refractivity contribution in [3.05, 3.63) is 48.4 Å². The summed E-state index contributed by atoms with van der Waals surface area (Å²) in [7, 11) is 0. The van der Waals surface area contributed by atoms with Gasteiger partial charge in [-0.15, -0.1) is 0 Å². The average Bonchev–Trinajstić information content (AvgIpc) is 3.03. The van der Waals surface area contributed by atoms with E-state index < -0.39 is 0 Å². The summed E-state index contributed by atoms with van der Waals surface area (Å²) >= 11 is 0. The second kappa shape index (κ2) is 7.41. The molecule has 0 spiro atoms. The molecule has 1 N–H and O–H groups in total. The lowest BCUT2D eigenvalue weighted by Crippen LogP contribution is -2.36. The molecule has 1 aromatic heterocycles. The summed E-state index contributed by atoms with van der Waals surface area (Å²) in [5, 5.41) is 9.67. The fraction of sp³-hybridized carbons (Fsp3) is 0.450. The number of hydrogen-bond donors (Lipinski definition) is 1. The zero-order chi connectivity index (χ0) is 17.9. The van der Waals surface area contributed by atoms with Crippen LogP contribution in [0.1, 0.15) is 25.1 Å². The van der Waals surface area contributed by atoms with Crippen molar-refractivity contribution in [2.45, 2.75) is 31.8 Å². The van der Waals surface area contributed by atoms with Gasteiger partial charge in [0.1, 0.15) is 11.6 Å². The SMILES string of the molecule is O=C1C[C@H](Cc2nccc(N3CCC(O)CC3)n2)CN1c1ccccc1. The third kappa shape index (κ3) is 3.70. The van der Waals surface area contributed by atoms with Crippen LogP contribution in [0.3, 0.4) is 0 Å². The van der Waals surface area contributed by atoms with Crippen LogP contribution in [-0.2, 0) is 11.2 Å². The Balaban J connectivity index is 1.42. The third-order valence-electron chi connectivity index (χ3n) is 5.22. The minimum Gasteiger partial charge on any atom is -0.393 e. The molecule has 136 valence electrons. The number of nitrogens with zero attached hydrogens (tertiary/aromatic N) is 4. The van der Waals surface area contributed by atoms with Gasteiger partial charge in [0.25, 0.3) is 0 Å². The van der Waals surface area contributed by atoms with E-state index in [1.165, 1.54) is 0 Å². The van der Waals surface area contributed by atoms with Crippen LogP contribution in [0.4, 0.5) is 11.5 Å². The van der Waals surface area contributed by atoms with E-state index >= 15 is 0 Å². The van der Waals surface area contributed by atoms with Crippen molar-refractivity contribution in [2.24, 2.45) is 5.92 Å². The maximum absolute atomic E-state index is 12.4. The lowest BCUT2D eigenvalue weighted by molar-refractivity contribution is -0.117. The Morgan fingerprint density at radius 1 is 1.12 bits per heavy atom. The number of carbonyl (C=O) groups excluding carboxylic acids is 1. The van der Waals surface area contributed by atoms with Gasteiger partial charge in [-0.1, -0.05) is 18.2 Å². The molecule has 2 saturated heterocycles. The lowest BCUT2D eigenvalue weighted by atomic mass is 10.0. The van der Waals surface area contributed by atoms with Crippen molar-refractivity contribution in [1.82, 2.24) is 9.97 Å². The number of benzene rings is 1. The maximum Gasteiger partial charge on any atom is 0.227 e. The molecule has 0 radical (unpaired) electrons. The second-order valence-corrected chi connectivity index (χ2v) is 7.16. The molecule has 1 amide bonds. The molecule has 2 aliphatic rings. The maximum atomic E-state index is 12.4. The topological polar surface area (TPSA) is 69.6 Å². The highest BCUT2D eigenvalue weighted by molar-refractivity contribution is 5.95. The number of aromatic nitrogens is 2. The van der Waals surface area contributed by atoms with Gasteiger partial charge in [0.2, 0.25) is 5.91 Å². The van der Waals surface area contributed by atoms with Gasteiger partial charge in [0.15, 0.2) is 0 Å². The Morgan fingerprint density at radius 3 is 2.65 bits per heavy atom. The van der Waals surface area contributed by atoms with Crippen molar-refractivity contribution in [2.75, 3.05) is 29.4 Å². The van der Waals surface area contributed by atoms with Crippen LogP contribution in [0.2, 0.25) is 0 Å². The van der Waals surface area contributed by atoms with Crippen LogP contribution in [0, 0.1) is 5.92 Å². The minimum absolute atomic E-state index is 0.169. The van der Waals surface area contributed by atoms with Crippen LogP contribution in [-0.4, -0.2) is 46.7 Å². The molecule has 0 aliphatic carbocycles. The number of carbonyl (C=O) groups is 1. The monoisotopic (exact) mass is 352 g/mol. The number of rotatable bonds is 4. The highest BCUT2D eigenvalue weighted by Gasteiger charge is 2.31. The molecule has 26 heavy (non-hydrogen) atoms. The van der Waals surface area contributed by atoms with Crippen molar-refractivity contribution in [3.63, 3.8) is 0 Å². The zero-order valence-corrected chi connectivity index (χ0v) is 14.8. The molecule has 2 aliphatic heterocycles. The standard InChI is InChI=1S/C20H24N4O2/c25-17-7-10-23(11-8-17)19-6-9-21-18(22-19)12-15-13-20(26)24(14-15)16-4-2-1-3-5-16/h1-6,9,15,17,25H,7-8,10-14H2/t15-/m0/s1. The molecular weight excluding hydrogens is 328 g/mol. The third-order valence-corrected chi connectivity index (χ3v) is 5.22. The van der Waals surface area contributed by atoms with Crippen LogP contribution in [0.15, 0.2) is 42.6 Å². The predicted molar refractivity (Wildman–Crippen MR) is 100 cm³/mol. The second-order valence-electron chi connectivity index (χ2n) is 7.16. The Hall–Kier alpha value is -2.47. The highest BCUT2D eigenvalue weighted by Crippen LogP contribution is 2.27. The first kappa shape index (κ1) is 17.0. The van der Waals surface area contributed by atoms with E-state index in [-0.39, 0.29) is 17.9 Å². The smallest absolute Gasteiger partial charge is 0.227 e. The van der Waals surface area contributed by atoms with Crippen molar-refractivity contribution < 1.29 is 9.90 Å². The summed E-state index contributed by atoms with van der Waals surface area (Å²) in [5.74, 6) is 2.12. The Bertz CT molecular complexity index is 759. The minimum atomic E-state index is -0.193. The highest BCUT2D eigenvalue weighted by atomic mass is 16.3. The first-order chi connectivity index (χ1) is 12.7. The van der Waals surface area contributed by atoms with Crippen molar-refractivity contribution in [1.29, 1.82) is 0 Å². The predicted octanol–water partition coefficient (Wildman–Crippen LogP) is 2.03. The lowest BCUT2D eigenvalue weighted by Gasteiger charge is -2.30. The fourth-order valence-corrected chi connectivity index (χ4v) is 3.79. The number of piperidine rings is 1. The molecular formula is C20H24N4O2. The summed E-state index contributed by atoms with van der Waals surface area (Å²) in [4.78, 5) is 25.6. The van der Waals surface area contributed by atoms with Gasteiger partial charge in [-0.05, 0) is 37.0 Å². The molecule has 3 heterocycles. The van der Waals surface area contributed by atoms with E-state index in [9.17, 15) is 9.90 Å². The summed E-state index contributed by atoms with van der Waals surface area (Å²) in [5.41, 5.74) is 0.960. The van der Waals surface area contributed by atoms with Gasteiger partial charge in [-0.25, -0.2) is 9.97 Å². The Morgan fingerprint density at radius 2 is 1.88 bits per heavy atom. The number of hydrogen-bond acceptors (Lipinski definition) is 5. The van der Waals surface area contributed by atoms with Crippen molar-refractivity contribution >= 4 is 17.4 Å².